The quantitative estimate of drug-likeness (QED) is 0.608. The molecule has 2 heterocycles. The number of fused-ring (bicyclic) bond motifs is 1. The summed E-state index contributed by atoms with van der Waals surface area (Å²) in [6.07, 6.45) is -9.84. The molecule has 0 amide bonds. The number of carboxylic acid groups (broad SMARTS) is 2. The lowest BCUT2D eigenvalue weighted by molar-refractivity contribution is -0.193. The highest BCUT2D eigenvalue weighted by molar-refractivity contribution is 5.73. The summed E-state index contributed by atoms with van der Waals surface area (Å²) in [7, 11) is 0. The predicted molar refractivity (Wildman–Crippen MR) is 104 cm³/mol. The number of carboxylic acids is 2. The number of hydrogen-bond donors (Lipinski definition) is 2. The molecule has 0 unspecified atom stereocenters. The van der Waals surface area contributed by atoms with Crippen LogP contribution < -0.4 is 0 Å². The maximum atomic E-state index is 12.9. The normalized spacial score (nSPS) is 21.1. The number of halogens is 7. The number of rotatable bonds is 3. The van der Waals surface area contributed by atoms with Crippen molar-refractivity contribution in [3.8, 4) is 0 Å². The van der Waals surface area contributed by atoms with Crippen LogP contribution in [0.15, 0.2) is 24.3 Å². The average Bonchev–Trinajstić information content (AvgIpc) is 3.11. The van der Waals surface area contributed by atoms with Gasteiger partial charge in [0.15, 0.2) is 0 Å². The number of benzene rings is 1. The monoisotopic (exact) mass is 506 g/mol. The molecule has 0 saturated carbocycles. The van der Waals surface area contributed by atoms with E-state index in [9.17, 15) is 30.7 Å². The summed E-state index contributed by atoms with van der Waals surface area (Å²) >= 11 is 0. The van der Waals surface area contributed by atoms with Crippen LogP contribution in [-0.4, -0.2) is 88.7 Å². The standard InChI is InChI=1S/C16H23FN2O.2C2HF3O2/c1-12(2)19-7-8-20-16-11-18(10-15(16)19)9-13-3-5-14(17)6-4-13;2*3-2(4,5)1(6)7/h3-6,12,15-16H,7-11H2,1-2H3;2*(H,6,7)/t15-,16+;;/m1../s1. The number of likely N-dealkylation sites (tertiary alicyclic amines) is 1. The van der Waals surface area contributed by atoms with Crippen molar-refractivity contribution in [2.24, 2.45) is 0 Å². The van der Waals surface area contributed by atoms with E-state index >= 15 is 0 Å². The number of morpholine rings is 1. The van der Waals surface area contributed by atoms with Crippen molar-refractivity contribution >= 4 is 11.9 Å². The zero-order valence-corrected chi connectivity index (χ0v) is 18.2. The number of hydrogen-bond acceptors (Lipinski definition) is 5. The molecular formula is C20H25F7N2O5. The second-order valence-corrected chi connectivity index (χ2v) is 7.73. The highest BCUT2D eigenvalue weighted by atomic mass is 19.4. The van der Waals surface area contributed by atoms with Gasteiger partial charge in [-0.2, -0.15) is 26.3 Å². The fourth-order valence-corrected chi connectivity index (χ4v) is 3.41. The van der Waals surface area contributed by atoms with Crippen molar-refractivity contribution in [3.05, 3.63) is 35.6 Å². The minimum atomic E-state index is -5.08. The van der Waals surface area contributed by atoms with Gasteiger partial charge in [-0.3, -0.25) is 9.80 Å². The van der Waals surface area contributed by atoms with E-state index in [2.05, 4.69) is 23.6 Å². The molecule has 1 aromatic rings. The van der Waals surface area contributed by atoms with Crippen molar-refractivity contribution in [1.29, 1.82) is 0 Å². The second-order valence-electron chi connectivity index (χ2n) is 7.73. The molecule has 0 aliphatic carbocycles. The Hall–Kier alpha value is -2.45. The van der Waals surface area contributed by atoms with Crippen molar-refractivity contribution in [1.82, 2.24) is 9.80 Å². The van der Waals surface area contributed by atoms with E-state index in [1.54, 1.807) is 0 Å². The van der Waals surface area contributed by atoms with Gasteiger partial charge in [-0.1, -0.05) is 12.1 Å². The van der Waals surface area contributed by atoms with Crippen LogP contribution >= 0.6 is 0 Å². The molecule has 2 saturated heterocycles. The van der Waals surface area contributed by atoms with Gasteiger partial charge in [0.25, 0.3) is 0 Å². The molecule has 0 aromatic heterocycles. The molecule has 2 atom stereocenters. The lowest BCUT2D eigenvalue weighted by atomic mass is 10.1. The lowest BCUT2D eigenvalue weighted by Crippen LogP contribution is -2.53. The van der Waals surface area contributed by atoms with Crippen molar-refractivity contribution in [2.45, 2.75) is 50.9 Å². The number of carbonyl (C=O) groups is 2. The predicted octanol–water partition coefficient (Wildman–Crippen LogP) is 3.39. The molecule has 1 aromatic carbocycles. The first-order valence-corrected chi connectivity index (χ1v) is 9.96. The van der Waals surface area contributed by atoms with E-state index in [0.717, 1.165) is 32.8 Å². The minimum absolute atomic E-state index is 0.168. The molecule has 7 nitrogen and oxygen atoms in total. The average molecular weight is 506 g/mol. The number of aliphatic carboxylic acids is 2. The summed E-state index contributed by atoms with van der Waals surface area (Å²) in [6.45, 7) is 9.27. The first-order chi connectivity index (χ1) is 15.5. The third-order valence-electron chi connectivity index (χ3n) is 4.89. The number of nitrogens with zero attached hydrogens (tertiary/aromatic N) is 2. The summed E-state index contributed by atoms with van der Waals surface area (Å²) in [4.78, 5) is 22.8. The Morgan fingerprint density at radius 2 is 1.47 bits per heavy atom. The molecule has 194 valence electrons. The first kappa shape index (κ1) is 29.6. The van der Waals surface area contributed by atoms with E-state index in [0.29, 0.717) is 18.2 Å². The smallest absolute Gasteiger partial charge is 0.475 e. The summed E-state index contributed by atoms with van der Waals surface area (Å²) in [5, 5.41) is 14.2. The molecule has 2 aliphatic heterocycles. The lowest BCUT2D eigenvalue weighted by Gasteiger charge is -2.39. The van der Waals surface area contributed by atoms with Gasteiger partial charge in [0, 0.05) is 32.2 Å². The molecule has 2 fully saturated rings. The highest BCUT2D eigenvalue weighted by Crippen LogP contribution is 2.25. The van der Waals surface area contributed by atoms with Crippen molar-refractivity contribution in [3.63, 3.8) is 0 Å². The summed E-state index contributed by atoms with van der Waals surface area (Å²) in [5.41, 5.74) is 1.17. The van der Waals surface area contributed by atoms with E-state index in [4.69, 9.17) is 24.5 Å². The van der Waals surface area contributed by atoms with Gasteiger partial charge < -0.3 is 14.9 Å². The Morgan fingerprint density at radius 1 is 1.00 bits per heavy atom. The Bertz CT molecular complexity index is 776. The first-order valence-electron chi connectivity index (χ1n) is 9.96. The van der Waals surface area contributed by atoms with Crippen LogP contribution in [-0.2, 0) is 20.9 Å². The minimum Gasteiger partial charge on any atom is -0.475 e. The van der Waals surface area contributed by atoms with Gasteiger partial charge in [-0.15, -0.1) is 0 Å². The third kappa shape index (κ3) is 9.81. The number of ether oxygens (including phenoxy) is 1. The zero-order chi connectivity index (χ0) is 26.3. The van der Waals surface area contributed by atoms with Crippen LogP contribution in [0.5, 0.6) is 0 Å². The second kappa shape index (κ2) is 12.3. The molecule has 3 rings (SSSR count). The largest absolute Gasteiger partial charge is 0.490 e. The molecule has 2 aliphatic rings. The van der Waals surface area contributed by atoms with Crippen LogP contribution in [0.25, 0.3) is 0 Å². The fraction of sp³-hybridized carbons (Fsp3) is 0.600. The Morgan fingerprint density at radius 3 is 1.88 bits per heavy atom. The third-order valence-corrected chi connectivity index (χ3v) is 4.89. The van der Waals surface area contributed by atoms with Gasteiger partial charge in [0.2, 0.25) is 0 Å². The van der Waals surface area contributed by atoms with Gasteiger partial charge in [0.1, 0.15) is 5.82 Å². The fourth-order valence-electron chi connectivity index (χ4n) is 3.41. The van der Waals surface area contributed by atoms with E-state index in [-0.39, 0.29) is 5.82 Å². The summed E-state index contributed by atoms with van der Waals surface area (Å²) < 4.78 is 82.3. The molecular weight excluding hydrogens is 481 g/mol. The maximum absolute atomic E-state index is 12.9. The van der Waals surface area contributed by atoms with Gasteiger partial charge in [0.05, 0.1) is 18.8 Å². The zero-order valence-electron chi connectivity index (χ0n) is 18.2. The van der Waals surface area contributed by atoms with Crippen molar-refractivity contribution in [2.75, 3.05) is 26.2 Å². The van der Waals surface area contributed by atoms with Crippen LogP contribution in [0.2, 0.25) is 0 Å². The molecule has 0 spiro atoms. The van der Waals surface area contributed by atoms with Gasteiger partial charge in [-0.05, 0) is 31.5 Å². The SMILES string of the molecule is CC(C)N1CCO[C@H]2CN(Cc3ccc(F)cc3)C[C@H]21.O=C(O)C(F)(F)F.O=C(O)C(F)(F)F. The van der Waals surface area contributed by atoms with Gasteiger partial charge in [-0.25, -0.2) is 14.0 Å². The molecule has 34 heavy (non-hydrogen) atoms. The molecule has 0 radical (unpaired) electrons. The van der Waals surface area contributed by atoms with E-state index in [1.807, 2.05) is 12.1 Å². The van der Waals surface area contributed by atoms with E-state index < -0.39 is 24.3 Å². The molecule has 14 heteroatoms. The van der Waals surface area contributed by atoms with Crippen molar-refractivity contribution < 1.29 is 55.3 Å². The Labute approximate surface area is 190 Å². The molecule has 2 N–H and O–H groups in total. The maximum Gasteiger partial charge on any atom is 0.490 e. The summed E-state index contributed by atoms with van der Waals surface area (Å²) in [5.74, 6) is -5.68. The summed E-state index contributed by atoms with van der Waals surface area (Å²) in [6, 6.07) is 7.89. The van der Waals surface area contributed by atoms with Crippen LogP contribution in [0.1, 0.15) is 19.4 Å². The Balaban J connectivity index is 0.000000343. The number of alkyl halides is 6. The Kier molecular flexibility index (Phi) is 10.7. The topological polar surface area (TPSA) is 90.3 Å². The van der Waals surface area contributed by atoms with Crippen LogP contribution in [0.4, 0.5) is 30.7 Å². The molecule has 0 bridgehead atoms. The van der Waals surface area contributed by atoms with Crippen LogP contribution in [0.3, 0.4) is 0 Å². The van der Waals surface area contributed by atoms with Crippen LogP contribution in [0, 0.1) is 5.82 Å². The highest BCUT2D eigenvalue weighted by Gasteiger charge is 2.41. The van der Waals surface area contributed by atoms with Gasteiger partial charge >= 0.3 is 24.3 Å². The van der Waals surface area contributed by atoms with E-state index in [1.165, 1.54) is 17.7 Å².